The molecule has 0 aliphatic rings. The van der Waals surface area contributed by atoms with E-state index in [1.54, 1.807) is 49.4 Å². The van der Waals surface area contributed by atoms with E-state index in [4.69, 9.17) is 15.2 Å². The normalized spacial score (nSPS) is 10.7. The number of nitrogen functional groups attached to an aromatic ring is 1. The van der Waals surface area contributed by atoms with Crippen molar-refractivity contribution >= 4 is 22.5 Å². The zero-order valence-electron chi connectivity index (χ0n) is 14.2. The molecule has 0 aliphatic heterocycles. The number of pyridine rings is 1. The van der Waals surface area contributed by atoms with Gasteiger partial charge in [0.2, 0.25) is 0 Å². The number of benzene rings is 2. The second kappa shape index (κ2) is 6.32. The van der Waals surface area contributed by atoms with Gasteiger partial charge < -0.3 is 15.2 Å². The monoisotopic (exact) mass is 338 g/mol. The van der Waals surface area contributed by atoms with Crippen LogP contribution in [0.5, 0.6) is 11.5 Å². The summed E-state index contributed by atoms with van der Waals surface area (Å²) in [7, 11) is 3.00. The number of fused-ring (bicyclic) bond motifs is 1. The van der Waals surface area contributed by atoms with Crippen LogP contribution >= 0.6 is 0 Å². The van der Waals surface area contributed by atoms with E-state index in [-0.39, 0.29) is 11.1 Å². The van der Waals surface area contributed by atoms with Crippen molar-refractivity contribution in [2.24, 2.45) is 0 Å². The first-order chi connectivity index (χ1) is 11.9. The van der Waals surface area contributed by atoms with Gasteiger partial charge in [-0.1, -0.05) is 6.07 Å². The number of rotatable bonds is 3. The van der Waals surface area contributed by atoms with Crippen molar-refractivity contribution in [1.82, 2.24) is 4.57 Å². The lowest BCUT2D eigenvalue weighted by Crippen LogP contribution is -2.29. The highest BCUT2D eigenvalue weighted by atomic mass is 16.5. The fourth-order valence-electron chi connectivity index (χ4n) is 2.72. The number of ether oxygens (including phenoxy) is 2. The van der Waals surface area contributed by atoms with Crippen molar-refractivity contribution < 1.29 is 14.3 Å². The van der Waals surface area contributed by atoms with Gasteiger partial charge in [0.25, 0.3) is 11.5 Å². The second-order valence-corrected chi connectivity index (χ2v) is 5.69. The number of hydrogen-bond acceptors (Lipinski definition) is 5. The van der Waals surface area contributed by atoms with Crippen LogP contribution in [0.25, 0.3) is 10.9 Å². The minimum absolute atomic E-state index is 0.285. The molecule has 3 aromatic rings. The summed E-state index contributed by atoms with van der Waals surface area (Å²) in [6.07, 6.45) is 0. The Morgan fingerprint density at radius 2 is 1.64 bits per heavy atom. The van der Waals surface area contributed by atoms with Crippen LogP contribution in [0.1, 0.15) is 15.9 Å². The van der Waals surface area contributed by atoms with Crippen LogP contribution in [-0.4, -0.2) is 24.7 Å². The molecule has 6 nitrogen and oxygen atoms in total. The van der Waals surface area contributed by atoms with E-state index in [0.717, 1.165) is 9.95 Å². The Morgan fingerprint density at radius 1 is 1.00 bits per heavy atom. The third-order valence-electron chi connectivity index (χ3n) is 4.01. The fourth-order valence-corrected chi connectivity index (χ4v) is 2.72. The van der Waals surface area contributed by atoms with Gasteiger partial charge in [0.05, 0.1) is 19.7 Å². The van der Waals surface area contributed by atoms with Crippen molar-refractivity contribution in [3.8, 4) is 11.5 Å². The minimum atomic E-state index is -0.471. The molecule has 1 aromatic heterocycles. The summed E-state index contributed by atoms with van der Waals surface area (Å²) in [5.74, 6) is 0.459. The first-order valence-corrected chi connectivity index (χ1v) is 7.64. The highest BCUT2D eigenvalue weighted by Gasteiger charge is 2.17. The Kier molecular flexibility index (Phi) is 4.19. The van der Waals surface area contributed by atoms with Crippen molar-refractivity contribution in [3.05, 3.63) is 63.9 Å². The molecule has 0 fully saturated rings. The molecule has 25 heavy (non-hydrogen) atoms. The molecule has 0 aliphatic carbocycles. The first-order valence-electron chi connectivity index (χ1n) is 7.64. The highest BCUT2D eigenvalue weighted by molar-refractivity contribution is 6.02. The number of carbonyl (C=O) groups excluding carboxylic acids is 1. The molecule has 0 spiro atoms. The largest absolute Gasteiger partial charge is 0.497 e. The lowest BCUT2D eigenvalue weighted by molar-refractivity contribution is 0.0960. The average Bonchev–Trinajstić information content (AvgIpc) is 2.62. The number of nitrogens with two attached hydrogens (primary N) is 1. The van der Waals surface area contributed by atoms with Gasteiger partial charge >= 0.3 is 0 Å². The van der Waals surface area contributed by atoms with Crippen LogP contribution < -0.4 is 20.8 Å². The van der Waals surface area contributed by atoms with Crippen LogP contribution in [0.4, 0.5) is 5.69 Å². The molecule has 6 heteroatoms. The third-order valence-corrected chi connectivity index (χ3v) is 4.01. The van der Waals surface area contributed by atoms with E-state index in [1.807, 2.05) is 0 Å². The zero-order chi connectivity index (χ0) is 18.1. The first kappa shape index (κ1) is 16.6. The van der Waals surface area contributed by atoms with Crippen LogP contribution in [0, 0.1) is 6.92 Å². The Hall–Kier alpha value is -3.28. The maximum atomic E-state index is 13.1. The number of methoxy groups -OCH3 is 2. The zero-order valence-corrected chi connectivity index (χ0v) is 14.2. The molecule has 0 saturated carbocycles. The summed E-state index contributed by atoms with van der Waals surface area (Å²) in [4.78, 5) is 25.7. The average molecular weight is 338 g/mol. The Bertz CT molecular complexity index is 1020. The molecule has 0 radical (unpaired) electrons. The van der Waals surface area contributed by atoms with Crippen LogP contribution in [0.3, 0.4) is 0 Å². The summed E-state index contributed by atoms with van der Waals surface area (Å²) < 4.78 is 11.5. The molecule has 0 saturated heterocycles. The van der Waals surface area contributed by atoms with Gasteiger partial charge in [0, 0.05) is 22.9 Å². The number of aromatic nitrogens is 1. The predicted molar refractivity (Wildman–Crippen MR) is 96.6 cm³/mol. The lowest BCUT2D eigenvalue weighted by atomic mass is 10.1. The standard InChI is InChI=1S/C19H18N2O4/c1-11-6-12-4-5-14(20)9-17(12)21(18(11)22)19(23)13-7-15(24-2)10-16(8-13)25-3/h4-10H,20H2,1-3H3. The SMILES string of the molecule is COc1cc(OC)cc(C(=O)n2c(=O)c(C)cc3ccc(N)cc32)c1. The van der Waals surface area contributed by atoms with Crippen molar-refractivity contribution in [1.29, 1.82) is 0 Å². The van der Waals surface area contributed by atoms with Gasteiger partial charge in [-0.2, -0.15) is 0 Å². The Labute approximate surface area is 144 Å². The van der Waals surface area contributed by atoms with Gasteiger partial charge in [0.1, 0.15) is 11.5 Å². The molecule has 0 unspecified atom stereocenters. The molecule has 3 rings (SSSR count). The van der Waals surface area contributed by atoms with Crippen LogP contribution in [0.2, 0.25) is 0 Å². The summed E-state index contributed by atoms with van der Waals surface area (Å²) in [6.45, 7) is 1.67. The quantitative estimate of drug-likeness (QED) is 0.742. The number of hydrogen-bond donors (Lipinski definition) is 1. The number of nitrogens with zero attached hydrogens (tertiary/aromatic N) is 1. The molecule has 2 aromatic carbocycles. The number of aryl methyl sites for hydroxylation is 1. The number of carbonyl (C=O) groups is 1. The molecule has 128 valence electrons. The van der Waals surface area contributed by atoms with Crippen molar-refractivity contribution in [2.75, 3.05) is 20.0 Å². The smallest absolute Gasteiger partial charge is 0.265 e. The molecular weight excluding hydrogens is 320 g/mol. The van der Waals surface area contributed by atoms with Crippen LogP contribution in [0.15, 0.2) is 47.3 Å². The predicted octanol–water partition coefficient (Wildman–Crippen LogP) is 2.60. The van der Waals surface area contributed by atoms with E-state index in [0.29, 0.717) is 28.3 Å². The second-order valence-electron chi connectivity index (χ2n) is 5.69. The summed E-state index contributed by atoms with van der Waals surface area (Å²) in [5, 5.41) is 0.759. The van der Waals surface area contributed by atoms with E-state index >= 15 is 0 Å². The summed E-state index contributed by atoms with van der Waals surface area (Å²) in [5.41, 5.74) is 7.15. The van der Waals surface area contributed by atoms with Gasteiger partial charge in [-0.3, -0.25) is 9.59 Å². The molecule has 0 atom stereocenters. The van der Waals surface area contributed by atoms with E-state index in [9.17, 15) is 9.59 Å². The molecule has 2 N–H and O–H groups in total. The van der Waals surface area contributed by atoms with Gasteiger partial charge in [-0.15, -0.1) is 0 Å². The molecular formula is C19H18N2O4. The van der Waals surface area contributed by atoms with E-state index < -0.39 is 5.91 Å². The molecule has 0 bridgehead atoms. The maximum Gasteiger partial charge on any atom is 0.265 e. The highest BCUT2D eigenvalue weighted by Crippen LogP contribution is 2.24. The van der Waals surface area contributed by atoms with Gasteiger partial charge in [-0.25, -0.2) is 4.57 Å². The molecule has 0 amide bonds. The maximum absolute atomic E-state index is 13.1. The minimum Gasteiger partial charge on any atom is -0.497 e. The lowest BCUT2D eigenvalue weighted by Gasteiger charge is -2.13. The molecule has 1 heterocycles. The number of anilines is 1. The topological polar surface area (TPSA) is 83.5 Å². The Morgan fingerprint density at radius 3 is 2.24 bits per heavy atom. The van der Waals surface area contributed by atoms with E-state index in [1.165, 1.54) is 14.2 Å². The fraction of sp³-hybridized carbons (Fsp3) is 0.158. The van der Waals surface area contributed by atoms with E-state index in [2.05, 4.69) is 0 Å². The van der Waals surface area contributed by atoms with Gasteiger partial charge in [0.15, 0.2) is 0 Å². The van der Waals surface area contributed by atoms with Crippen LogP contribution in [-0.2, 0) is 0 Å². The van der Waals surface area contributed by atoms with Crippen molar-refractivity contribution in [2.45, 2.75) is 6.92 Å². The Balaban J connectivity index is 2.29. The summed E-state index contributed by atoms with van der Waals surface area (Å²) in [6, 6.07) is 11.7. The third kappa shape index (κ3) is 2.94. The summed E-state index contributed by atoms with van der Waals surface area (Å²) >= 11 is 0. The van der Waals surface area contributed by atoms with Gasteiger partial charge in [-0.05, 0) is 42.6 Å². The van der Waals surface area contributed by atoms with Crippen molar-refractivity contribution in [3.63, 3.8) is 0 Å².